The maximum Gasteiger partial charge on any atom is 0.151 e. The monoisotopic (exact) mass is 291 g/mol. The van der Waals surface area contributed by atoms with Crippen LogP contribution in [0.4, 0.5) is 5.82 Å². The molecule has 1 aliphatic heterocycles. The number of aryl methyl sites for hydroxylation is 1. The predicted octanol–water partition coefficient (Wildman–Crippen LogP) is 4.48. The van der Waals surface area contributed by atoms with Crippen LogP contribution in [0.2, 0.25) is 0 Å². The van der Waals surface area contributed by atoms with Gasteiger partial charge in [-0.2, -0.15) is 0 Å². The molecule has 0 atom stereocenters. The maximum atomic E-state index is 4.80. The van der Waals surface area contributed by atoms with Crippen molar-refractivity contribution >= 4 is 16.9 Å². The van der Waals surface area contributed by atoms with E-state index in [0.717, 1.165) is 35.6 Å². The normalized spacial score (nSPS) is 12.8. The molecule has 0 bridgehead atoms. The summed E-state index contributed by atoms with van der Waals surface area (Å²) >= 11 is 0. The molecule has 0 spiro atoms. The summed E-state index contributed by atoms with van der Waals surface area (Å²) in [6.07, 6.45) is 0. The van der Waals surface area contributed by atoms with Crippen molar-refractivity contribution in [1.82, 2.24) is 9.97 Å². The summed E-state index contributed by atoms with van der Waals surface area (Å²) in [5.41, 5.74) is 5.70. The summed E-state index contributed by atoms with van der Waals surface area (Å²) in [7, 11) is 0. The zero-order valence-electron chi connectivity index (χ0n) is 13.4. The highest BCUT2D eigenvalue weighted by atomic mass is 15.2. The molecule has 1 aromatic heterocycles. The Kier molecular flexibility index (Phi) is 4.05. The Labute approximate surface area is 131 Å². The van der Waals surface area contributed by atoms with Crippen molar-refractivity contribution in [2.45, 2.75) is 33.9 Å². The summed E-state index contributed by atoms with van der Waals surface area (Å²) < 4.78 is 0. The van der Waals surface area contributed by atoms with E-state index in [-0.39, 0.29) is 0 Å². The number of anilines is 1. The molecule has 22 heavy (non-hydrogen) atoms. The first-order valence-corrected chi connectivity index (χ1v) is 7.86. The molecule has 0 unspecified atom stereocenters. The molecule has 0 saturated heterocycles. The van der Waals surface area contributed by atoms with Crippen LogP contribution < -0.4 is 4.90 Å². The summed E-state index contributed by atoms with van der Waals surface area (Å²) in [6.45, 7) is 7.88. The van der Waals surface area contributed by atoms with Crippen LogP contribution in [0.15, 0.2) is 48.5 Å². The molecule has 0 saturated carbocycles. The topological polar surface area (TPSA) is 29.0 Å². The molecule has 0 amide bonds. The van der Waals surface area contributed by atoms with Gasteiger partial charge in [0.25, 0.3) is 0 Å². The van der Waals surface area contributed by atoms with Gasteiger partial charge in [0.2, 0.25) is 0 Å². The Morgan fingerprint density at radius 1 is 0.773 bits per heavy atom. The van der Waals surface area contributed by atoms with Crippen LogP contribution in [0.25, 0.3) is 11.0 Å². The first kappa shape index (κ1) is 14.5. The van der Waals surface area contributed by atoms with Crippen LogP contribution in [-0.2, 0) is 13.1 Å². The minimum atomic E-state index is 0.921. The van der Waals surface area contributed by atoms with Crippen LogP contribution in [0.1, 0.15) is 30.7 Å². The molecule has 3 nitrogen and oxygen atoms in total. The lowest BCUT2D eigenvalue weighted by Crippen LogP contribution is -2.18. The van der Waals surface area contributed by atoms with Crippen LogP contribution in [0.3, 0.4) is 0 Å². The maximum absolute atomic E-state index is 4.80. The quantitative estimate of drug-likeness (QED) is 0.661. The van der Waals surface area contributed by atoms with Gasteiger partial charge in [-0.25, -0.2) is 9.97 Å². The number of hydrogen-bond acceptors (Lipinski definition) is 3. The number of nitrogens with zero attached hydrogens (tertiary/aromatic N) is 3. The third-order valence-corrected chi connectivity index (χ3v) is 3.86. The smallest absolute Gasteiger partial charge is 0.151 e. The highest BCUT2D eigenvalue weighted by Gasteiger charge is 2.21. The first-order valence-electron chi connectivity index (χ1n) is 7.86. The third-order valence-electron chi connectivity index (χ3n) is 3.86. The number of aromatic nitrogens is 2. The van der Waals surface area contributed by atoms with Gasteiger partial charge >= 0.3 is 0 Å². The second kappa shape index (κ2) is 6.14. The Bertz CT molecular complexity index is 771. The fourth-order valence-electron chi connectivity index (χ4n) is 2.86. The average Bonchev–Trinajstić information content (AvgIpc) is 3.00. The summed E-state index contributed by atoms with van der Waals surface area (Å²) in [5.74, 6) is 1.000. The number of rotatable bonds is 1. The van der Waals surface area contributed by atoms with Gasteiger partial charge in [0.05, 0.1) is 16.7 Å². The molecular weight excluding hydrogens is 270 g/mol. The van der Waals surface area contributed by atoms with E-state index in [1.54, 1.807) is 0 Å². The van der Waals surface area contributed by atoms with Crippen molar-refractivity contribution in [2.75, 3.05) is 4.90 Å². The zero-order chi connectivity index (χ0) is 15.5. The second-order valence-corrected chi connectivity index (χ2v) is 5.25. The fourth-order valence-corrected chi connectivity index (χ4v) is 2.86. The van der Waals surface area contributed by atoms with E-state index in [1.807, 2.05) is 45.0 Å². The van der Waals surface area contributed by atoms with Gasteiger partial charge in [-0.1, -0.05) is 50.2 Å². The van der Waals surface area contributed by atoms with E-state index in [9.17, 15) is 0 Å². The molecule has 2 heterocycles. The van der Waals surface area contributed by atoms with Gasteiger partial charge in [0.1, 0.15) is 0 Å². The lowest BCUT2D eigenvalue weighted by Gasteiger charge is -2.18. The van der Waals surface area contributed by atoms with Crippen molar-refractivity contribution in [1.29, 1.82) is 0 Å². The third kappa shape index (κ3) is 2.54. The van der Waals surface area contributed by atoms with Crippen molar-refractivity contribution < 1.29 is 0 Å². The van der Waals surface area contributed by atoms with Gasteiger partial charge in [-0.05, 0) is 30.2 Å². The Morgan fingerprint density at radius 3 is 1.86 bits per heavy atom. The molecule has 1 aliphatic rings. The molecule has 3 aromatic rings. The van der Waals surface area contributed by atoms with E-state index in [2.05, 4.69) is 34.1 Å². The SMILES string of the molecule is CC.Cc1nc2ccccc2nc1N1Cc2ccccc2C1. The Hall–Kier alpha value is -2.42. The molecule has 0 fully saturated rings. The number of fused-ring (bicyclic) bond motifs is 2. The Balaban J connectivity index is 0.000000693. The largest absolute Gasteiger partial charge is 0.346 e. The molecule has 0 N–H and O–H groups in total. The Morgan fingerprint density at radius 2 is 1.27 bits per heavy atom. The zero-order valence-corrected chi connectivity index (χ0v) is 13.4. The van der Waals surface area contributed by atoms with Crippen LogP contribution >= 0.6 is 0 Å². The molecule has 0 aliphatic carbocycles. The highest BCUT2D eigenvalue weighted by Crippen LogP contribution is 2.29. The van der Waals surface area contributed by atoms with Crippen molar-refractivity contribution in [3.05, 3.63) is 65.4 Å². The van der Waals surface area contributed by atoms with Crippen LogP contribution in [-0.4, -0.2) is 9.97 Å². The predicted molar refractivity (Wildman–Crippen MR) is 92.0 cm³/mol. The molecule has 2 aromatic carbocycles. The first-order chi connectivity index (χ1) is 10.8. The van der Waals surface area contributed by atoms with Crippen LogP contribution in [0.5, 0.6) is 0 Å². The van der Waals surface area contributed by atoms with E-state index in [4.69, 9.17) is 4.98 Å². The average molecular weight is 291 g/mol. The van der Waals surface area contributed by atoms with Gasteiger partial charge in [-0.15, -0.1) is 0 Å². The van der Waals surface area contributed by atoms with E-state index < -0.39 is 0 Å². The molecule has 112 valence electrons. The molecule has 4 rings (SSSR count). The number of para-hydroxylation sites is 2. The van der Waals surface area contributed by atoms with Crippen molar-refractivity contribution in [2.24, 2.45) is 0 Å². The van der Waals surface area contributed by atoms with Crippen LogP contribution in [0, 0.1) is 6.92 Å². The number of benzene rings is 2. The van der Waals surface area contributed by atoms with Gasteiger partial charge in [0.15, 0.2) is 5.82 Å². The van der Waals surface area contributed by atoms with E-state index in [0.29, 0.717) is 0 Å². The lowest BCUT2D eigenvalue weighted by atomic mass is 10.1. The van der Waals surface area contributed by atoms with E-state index >= 15 is 0 Å². The summed E-state index contributed by atoms with van der Waals surface area (Å²) in [6, 6.07) is 16.6. The molecule has 3 heteroatoms. The minimum Gasteiger partial charge on any atom is -0.346 e. The molecule has 0 radical (unpaired) electrons. The highest BCUT2D eigenvalue weighted by molar-refractivity contribution is 5.76. The van der Waals surface area contributed by atoms with Gasteiger partial charge < -0.3 is 4.90 Å². The van der Waals surface area contributed by atoms with E-state index in [1.165, 1.54) is 11.1 Å². The second-order valence-electron chi connectivity index (χ2n) is 5.25. The standard InChI is InChI=1S/C17H15N3.C2H6/c1-12-17(19-16-9-5-4-8-15(16)18-12)20-10-13-6-2-3-7-14(13)11-20;1-2/h2-9H,10-11H2,1H3;1-2H3. The van der Waals surface area contributed by atoms with Gasteiger partial charge in [0, 0.05) is 13.1 Å². The van der Waals surface area contributed by atoms with Crippen molar-refractivity contribution in [3.63, 3.8) is 0 Å². The van der Waals surface area contributed by atoms with Gasteiger partial charge in [-0.3, -0.25) is 0 Å². The molecular formula is C19H21N3. The summed E-state index contributed by atoms with van der Waals surface area (Å²) in [4.78, 5) is 11.8. The lowest BCUT2D eigenvalue weighted by molar-refractivity contribution is 0.847. The fraction of sp³-hybridized carbons (Fsp3) is 0.263. The number of hydrogen-bond donors (Lipinski definition) is 0. The summed E-state index contributed by atoms with van der Waals surface area (Å²) in [5, 5.41) is 0. The minimum absolute atomic E-state index is 0.921. The van der Waals surface area contributed by atoms with Crippen molar-refractivity contribution in [3.8, 4) is 0 Å².